The van der Waals surface area contributed by atoms with Crippen LogP contribution in [0.2, 0.25) is 0 Å². The average molecular weight is 414 g/mol. The van der Waals surface area contributed by atoms with Crippen LogP contribution in [0.25, 0.3) is 0 Å². The molecule has 0 aliphatic carbocycles. The van der Waals surface area contributed by atoms with E-state index in [-0.39, 0.29) is 25.4 Å². The van der Waals surface area contributed by atoms with E-state index in [4.69, 9.17) is 9.47 Å². The van der Waals surface area contributed by atoms with Crippen LogP contribution in [0.4, 0.5) is 10.1 Å². The number of anilines is 1. The van der Waals surface area contributed by atoms with Crippen LogP contribution in [0.5, 0.6) is 5.75 Å². The maximum Gasteiger partial charge on any atom is 0.311 e. The van der Waals surface area contributed by atoms with Crippen molar-refractivity contribution >= 4 is 23.5 Å². The van der Waals surface area contributed by atoms with Gasteiger partial charge in [-0.25, -0.2) is 4.39 Å². The summed E-state index contributed by atoms with van der Waals surface area (Å²) in [4.78, 5) is 38.2. The smallest absolute Gasteiger partial charge is 0.311 e. The minimum atomic E-state index is -0.679. The Morgan fingerprint density at radius 2 is 2.00 bits per heavy atom. The molecule has 3 rings (SSSR count). The number of esters is 1. The first-order valence-electron chi connectivity index (χ1n) is 9.50. The summed E-state index contributed by atoms with van der Waals surface area (Å²) >= 11 is 0. The van der Waals surface area contributed by atoms with Crippen LogP contribution in [0.1, 0.15) is 17.5 Å². The molecule has 1 heterocycles. The van der Waals surface area contributed by atoms with Crippen molar-refractivity contribution in [2.24, 2.45) is 5.92 Å². The molecule has 1 fully saturated rings. The molecular weight excluding hydrogens is 391 g/mol. The Labute approximate surface area is 173 Å². The van der Waals surface area contributed by atoms with Gasteiger partial charge in [-0.1, -0.05) is 24.3 Å². The molecule has 158 valence electrons. The maximum absolute atomic E-state index is 13.6. The van der Waals surface area contributed by atoms with Gasteiger partial charge in [-0.15, -0.1) is 0 Å². The fourth-order valence-electron chi connectivity index (χ4n) is 3.25. The summed E-state index contributed by atoms with van der Waals surface area (Å²) < 4.78 is 24.0. The molecule has 2 amide bonds. The Morgan fingerprint density at radius 3 is 2.73 bits per heavy atom. The number of hydrogen-bond donors (Lipinski definition) is 1. The second kappa shape index (κ2) is 9.39. The maximum atomic E-state index is 13.6. The summed E-state index contributed by atoms with van der Waals surface area (Å²) in [6.45, 7) is 1.54. The number of carbonyl (C=O) groups is 3. The fraction of sp³-hybridized carbons (Fsp3) is 0.318. The van der Waals surface area contributed by atoms with Gasteiger partial charge in [0.2, 0.25) is 5.91 Å². The SMILES string of the molecule is COc1ccc(C)cc1N1C[C@@H](C(=O)OCC(=O)NCc2ccccc2F)CC1=O. The second-order valence-electron chi connectivity index (χ2n) is 7.06. The van der Waals surface area contributed by atoms with Gasteiger partial charge in [0.05, 0.1) is 18.7 Å². The number of carbonyl (C=O) groups excluding carboxylic acids is 3. The van der Waals surface area contributed by atoms with E-state index in [2.05, 4.69) is 5.32 Å². The molecule has 1 aliphatic rings. The highest BCUT2D eigenvalue weighted by Crippen LogP contribution is 2.34. The standard InChI is InChI=1S/C22H23FN2O5/c1-14-7-8-19(29-2)18(9-14)25-12-16(10-21(25)27)22(28)30-13-20(26)24-11-15-5-3-4-6-17(15)23/h3-9,16H,10-13H2,1-2H3,(H,24,26)/t16-/m0/s1. The van der Waals surface area contributed by atoms with E-state index >= 15 is 0 Å². The summed E-state index contributed by atoms with van der Waals surface area (Å²) in [7, 11) is 1.51. The number of nitrogens with one attached hydrogen (secondary N) is 1. The Bertz CT molecular complexity index is 962. The van der Waals surface area contributed by atoms with E-state index in [9.17, 15) is 18.8 Å². The van der Waals surface area contributed by atoms with Crippen molar-refractivity contribution in [3.63, 3.8) is 0 Å². The molecule has 1 N–H and O–H groups in total. The number of rotatable bonds is 7. The van der Waals surface area contributed by atoms with Gasteiger partial charge in [0.25, 0.3) is 5.91 Å². The van der Waals surface area contributed by atoms with Crippen LogP contribution in [0, 0.1) is 18.7 Å². The van der Waals surface area contributed by atoms with E-state index in [1.165, 1.54) is 18.1 Å². The fourth-order valence-corrected chi connectivity index (χ4v) is 3.25. The van der Waals surface area contributed by atoms with E-state index in [0.29, 0.717) is 17.0 Å². The van der Waals surface area contributed by atoms with Gasteiger partial charge < -0.3 is 19.7 Å². The predicted molar refractivity (Wildman–Crippen MR) is 107 cm³/mol. The third-order valence-corrected chi connectivity index (χ3v) is 4.86. The summed E-state index contributed by atoms with van der Waals surface area (Å²) in [5.41, 5.74) is 1.89. The minimum Gasteiger partial charge on any atom is -0.495 e. The molecule has 1 atom stereocenters. The van der Waals surface area contributed by atoms with Crippen LogP contribution in [-0.4, -0.2) is 38.0 Å². The number of amides is 2. The first-order valence-corrected chi connectivity index (χ1v) is 9.50. The summed E-state index contributed by atoms with van der Waals surface area (Å²) in [5, 5.41) is 2.50. The lowest BCUT2D eigenvalue weighted by Gasteiger charge is -2.20. The van der Waals surface area contributed by atoms with Crippen LogP contribution in [0.15, 0.2) is 42.5 Å². The molecule has 1 aliphatic heterocycles. The van der Waals surface area contributed by atoms with Gasteiger partial charge in [-0.3, -0.25) is 14.4 Å². The normalized spacial score (nSPS) is 15.8. The van der Waals surface area contributed by atoms with E-state index in [1.54, 1.807) is 24.3 Å². The van der Waals surface area contributed by atoms with Crippen LogP contribution >= 0.6 is 0 Å². The van der Waals surface area contributed by atoms with Gasteiger partial charge in [0, 0.05) is 25.1 Å². The molecule has 30 heavy (non-hydrogen) atoms. The molecule has 0 radical (unpaired) electrons. The van der Waals surface area contributed by atoms with Gasteiger partial charge in [-0.05, 0) is 30.7 Å². The van der Waals surface area contributed by atoms with Crippen molar-refractivity contribution in [3.05, 3.63) is 59.4 Å². The molecule has 2 aromatic rings. The summed E-state index contributed by atoms with van der Waals surface area (Å²) in [6, 6.07) is 11.5. The number of nitrogens with zero attached hydrogens (tertiary/aromatic N) is 1. The number of hydrogen-bond acceptors (Lipinski definition) is 5. The van der Waals surface area contributed by atoms with Crippen molar-refractivity contribution in [3.8, 4) is 5.75 Å². The van der Waals surface area contributed by atoms with E-state index < -0.39 is 30.2 Å². The molecule has 7 nitrogen and oxygen atoms in total. The zero-order valence-electron chi connectivity index (χ0n) is 16.8. The zero-order chi connectivity index (χ0) is 21.7. The molecule has 0 saturated carbocycles. The van der Waals surface area contributed by atoms with E-state index in [0.717, 1.165) is 5.56 Å². The van der Waals surface area contributed by atoms with Crippen molar-refractivity contribution < 1.29 is 28.2 Å². The van der Waals surface area contributed by atoms with Crippen molar-refractivity contribution in [2.45, 2.75) is 19.9 Å². The summed E-state index contributed by atoms with van der Waals surface area (Å²) in [5.74, 6) is -1.96. The molecule has 1 saturated heterocycles. The number of benzene rings is 2. The lowest BCUT2D eigenvalue weighted by atomic mass is 10.1. The number of aryl methyl sites for hydroxylation is 1. The number of halogens is 1. The lowest BCUT2D eigenvalue weighted by Crippen LogP contribution is -2.31. The first-order chi connectivity index (χ1) is 14.4. The van der Waals surface area contributed by atoms with Gasteiger partial charge in [0.15, 0.2) is 6.61 Å². The molecule has 0 unspecified atom stereocenters. The molecular formula is C22H23FN2O5. The third-order valence-electron chi connectivity index (χ3n) is 4.86. The van der Waals surface area contributed by atoms with Crippen LogP contribution in [0.3, 0.4) is 0 Å². The van der Waals surface area contributed by atoms with Gasteiger partial charge in [0.1, 0.15) is 11.6 Å². The highest BCUT2D eigenvalue weighted by Gasteiger charge is 2.37. The average Bonchev–Trinajstić information content (AvgIpc) is 3.13. The highest BCUT2D eigenvalue weighted by atomic mass is 19.1. The quantitative estimate of drug-likeness (QED) is 0.703. The van der Waals surface area contributed by atoms with Gasteiger partial charge in [-0.2, -0.15) is 0 Å². The van der Waals surface area contributed by atoms with Crippen molar-refractivity contribution in [1.82, 2.24) is 5.32 Å². The zero-order valence-corrected chi connectivity index (χ0v) is 16.8. The van der Waals surface area contributed by atoms with Crippen molar-refractivity contribution in [1.29, 1.82) is 0 Å². The Morgan fingerprint density at radius 1 is 1.23 bits per heavy atom. The molecule has 8 heteroatoms. The van der Waals surface area contributed by atoms with Crippen LogP contribution in [-0.2, 0) is 25.7 Å². The van der Waals surface area contributed by atoms with Gasteiger partial charge >= 0.3 is 5.97 Å². The minimum absolute atomic E-state index is 0.00717. The third kappa shape index (κ3) is 4.94. The lowest BCUT2D eigenvalue weighted by molar-refractivity contribution is -0.152. The Balaban J connectivity index is 1.53. The highest BCUT2D eigenvalue weighted by molar-refractivity contribution is 6.00. The molecule has 2 aromatic carbocycles. The van der Waals surface area contributed by atoms with Crippen molar-refractivity contribution in [2.75, 3.05) is 25.2 Å². The first kappa shape index (κ1) is 21.3. The Kier molecular flexibility index (Phi) is 6.66. The largest absolute Gasteiger partial charge is 0.495 e. The second-order valence-corrected chi connectivity index (χ2v) is 7.06. The molecule has 0 aromatic heterocycles. The van der Waals surface area contributed by atoms with E-state index in [1.807, 2.05) is 19.1 Å². The predicted octanol–water partition coefficient (Wildman–Crippen LogP) is 2.36. The number of ether oxygens (including phenoxy) is 2. The number of methoxy groups -OCH3 is 1. The molecule has 0 spiro atoms. The summed E-state index contributed by atoms with van der Waals surface area (Å²) in [6.07, 6.45) is -0.00717. The Hall–Kier alpha value is -3.42. The molecule has 0 bridgehead atoms. The topological polar surface area (TPSA) is 84.9 Å². The monoisotopic (exact) mass is 414 g/mol. The van der Waals surface area contributed by atoms with Crippen LogP contribution < -0.4 is 15.0 Å².